The molecule has 5 heteroatoms. The molecule has 0 amide bonds. The third-order valence-corrected chi connectivity index (χ3v) is 4.61. The summed E-state index contributed by atoms with van der Waals surface area (Å²) in [7, 11) is 0. The number of aldehydes is 1. The van der Waals surface area contributed by atoms with Crippen LogP contribution in [-0.2, 0) is 17.8 Å². The third kappa shape index (κ3) is 2.86. The highest BCUT2D eigenvalue weighted by Gasteiger charge is 2.31. The van der Waals surface area contributed by atoms with Crippen LogP contribution >= 0.6 is 0 Å². The topological polar surface area (TPSA) is 76.0 Å². The maximum absolute atomic E-state index is 11.9. The highest BCUT2D eigenvalue weighted by molar-refractivity contribution is 6.00. The van der Waals surface area contributed by atoms with E-state index in [1.165, 1.54) is 0 Å². The predicted octanol–water partition coefficient (Wildman–Crippen LogP) is 3.11. The van der Waals surface area contributed by atoms with Gasteiger partial charge in [0.05, 0.1) is 5.56 Å². The Morgan fingerprint density at radius 3 is 2.46 bits per heavy atom. The lowest BCUT2D eigenvalue weighted by Crippen LogP contribution is -2.27. The first-order valence-corrected chi connectivity index (χ1v) is 8.40. The van der Waals surface area contributed by atoms with Gasteiger partial charge in [0.25, 0.3) is 0 Å². The van der Waals surface area contributed by atoms with Gasteiger partial charge < -0.3 is 19.7 Å². The fourth-order valence-electron chi connectivity index (χ4n) is 3.46. The molecule has 3 aromatic rings. The van der Waals surface area contributed by atoms with Gasteiger partial charge in [0.1, 0.15) is 12.4 Å². The number of carbonyl (C=O) groups excluding carboxylic acids is 1. The van der Waals surface area contributed by atoms with E-state index in [1.807, 2.05) is 54.6 Å². The summed E-state index contributed by atoms with van der Waals surface area (Å²) >= 11 is 0. The Morgan fingerprint density at radius 2 is 1.73 bits per heavy atom. The molecule has 0 aliphatic carbocycles. The van der Waals surface area contributed by atoms with Crippen LogP contribution < -0.4 is 4.74 Å². The van der Waals surface area contributed by atoms with E-state index < -0.39 is 12.6 Å². The number of hydrogen-bond donors (Lipinski definition) is 2. The van der Waals surface area contributed by atoms with Gasteiger partial charge in [0.2, 0.25) is 0 Å². The fourth-order valence-corrected chi connectivity index (χ4v) is 3.46. The number of benzene rings is 3. The molecular formula is C21H18O5. The van der Waals surface area contributed by atoms with Gasteiger partial charge in [-0.05, 0) is 16.5 Å². The molecule has 0 aromatic heterocycles. The second-order valence-corrected chi connectivity index (χ2v) is 6.22. The highest BCUT2D eigenvalue weighted by atomic mass is 16.7. The van der Waals surface area contributed by atoms with E-state index >= 15 is 0 Å². The summed E-state index contributed by atoms with van der Waals surface area (Å²) in [6, 6.07) is 17.1. The first-order chi connectivity index (χ1) is 12.7. The van der Waals surface area contributed by atoms with E-state index in [-0.39, 0.29) is 6.42 Å². The number of ether oxygens (including phenoxy) is 2. The zero-order chi connectivity index (χ0) is 18.1. The summed E-state index contributed by atoms with van der Waals surface area (Å²) in [5.41, 5.74) is 2.40. The zero-order valence-corrected chi connectivity index (χ0v) is 14.0. The van der Waals surface area contributed by atoms with Gasteiger partial charge in [0.15, 0.2) is 18.9 Å². The molecule has 1 aliphatic heterocycles. The van der Waals surface area contributed by atoms with Crippen molar-refractivity contribution in [2.24, 2.45) is 0 Å². The monoisotopic (exact) mass is 350 g/mol. The first kappa shape index (κ1) is 16.7. The van der Waals surface area contributed by atoms with Crippen molar-refractivity contribution in [1.29, 1.82) is 0 Å². The van der Waals surface area contributed by atoms with Gasteiger partial charge in [-0.15, -0.1) is 0 Å². The van der Waals surface area contributed by atoms with Gasteiger partial charge in [-0.25, -0.2) is 0 Å². The van der Waals surface area contributed by atoms with Crippen molar-refractivity contribution in [2.45, 2.75) is 25.6 Å². The second-order valence-electron chi connectivity index (χ2n) is 6.22. The highest BCUT2D eigenvalue weighted by Crippen LogP contribution is 2.42. The van der Waals surface area contributed by atoms with Crippen LogP contribution in [0.5, 0.6) is 5.75 Å². The average molecular weight is 350 g/mol. The van der Waals surface area contributed by atoms with Crippen LogP contribution in [0.25, 0.3) is 10.8 Å². The second kappa shape index (κ2) is 6.88. The Hall–Kier alpha value is -2.73. The van der Waals surface area contributed by atoms with E-state index in [9.17, 15) is 15.0 Å². The largest absolute Gasteiger partial charge is 0.487 e. The van der Waals surface area contributed by atoms with Crippen molar-refractivity contribution < 1.29 is 24.5 Å². The van der Waals surface area contributed by atoms with E-state index in [2.05, 4.69) is 0 Å². The Bertz CT molecular complexity index is 952. The zero-order valence-electron chi connectivity index (χ0n) is 14.0. The standard InChI is InChI=1S/C21H18O5/c22-11-17-16-10-18(23)26-21(24)19(16)14-8-4-5-9-15(14)20(17)25-12-13-6-2-1-3-7-13/h1-9,11,18,21,23-24H,10,12H2. The normalized spacial score (nSPS) is 19.2. The van der Waals surface area contributed by atoms with Crippen LogP contribution in [0.2, 0.25) is 0 Å². The smallest absolute Gasteiger partial charge is 0.185 e. The van der Waals surface area contributed by atoms with Crippen LogP contribution in [0.3, 0.4) is 0 Å². The van der Waals surface area contributed by atoms with E-state index in [1.54, 1.807) is 0 Å². The number of carbonyl (C=O) groups is 1. The number of hydrogen-bond acceptors (Lipinski definition) is 5. The molecule has 3 aromatic carbocycles. The Kier molecular flexibility index (Phi) is 4.42. The molecule has 0 radical (unpaired) electrons. The minimum absolute atomic E-state index is 0.118. The van der Waals surface area contributed by atoms with Gasteiger partial charge in [-0.3, -0.25) is 4.79 Å². The molecule has 132 valence electrons. The molecule has 2 N–H and O–H groups in total. The molecule has 26 heavy (non-hydrogen) atoms. The van der Waals surface area contributed by atoms with Crippen molar-refractivity contribution in [2.75, 3.05) is 0 Å². The number of fused-ring (bicyclic) bond motifs is 3. The lowest BCUT2D eigenvalue weighted by atomic mass is 9.89. The molecule has 2 atom stereocenters. The first-order valence-electron chi connectivity index (χ1n) is 8.40. The lowest BCUT2D eigenvalue weighted by Gasteiger charge is -2.29. The predicted molar refractivity (Wildman–Crippen MR) is 95.9 cm³/mol. The SMILES string of the molecule is O=Cc1c2c(c3ccccc3c1OCc1ccccc1)C(O)OC(O)C2. The van der Waals surface area contributed by atoms with Crippen LogP contribution in [0.1, 0.15) is 33.3 Å². The average Bonchev–Trinajstić information content (AvgIpc) is 2.66. The minimum atomic E-state index is -1.29. The summed E-state index contributed by atoms with van der Waals surface area (Å²) in [6.45, 7) is 0.312. The molecule has 0 bridgehead atoms. The van der Waals surface area contributed by atoms with Crippen molar-refractivity contribution in [1.82, 2.24) is 0 Å². The maximum Gasteiger partial charge on any atom is 0.185 e. The maximum atomic E-state index is 11.9. The molecule has 4 rings (SSSR count). The summed E-state index contributed by atoms with van der Waals surface area (Å²) in [6.07, 6.45) is -1.62. The summed E-state index contributed by atoms with van der Waals surface area (Å²) in [5.74, 6) is 0.458. The molecule has 5 nitrogen and oxygen atoms in total. The molecule has 1 heterocycles. The lowest BCUT2D eigenvalue weighted by molar-refractivity contribution is -0.218. The van der Waals surface area contributed by atoms with Crippen molar-refractivity contribution >= 4 is 17.1 Å². The molecule has 0 saturated heterocycles. The Balaban J connectivity index is 1.89. The Labute approximate surface area is 150 Å². The molecule has 0 fully saturated rings. The van der Waals surface area contributed by atoms with E-state index in [4.69, 9.17) is 9.47 Å². The summed E-state index contributed by atoms with van der Waals surface area (Å²) < 4.78 is 11.2. The molecular weight excluding hydrogens is 332 g/mol. The summed E-state index contributed by atoms with van der Waals surface area (Å²) in [4.78, 5) is 11.9. The van der Waals surface area contributed by atoms with Crippen LogP contribution in [0.4, 0.5) is 0 Å². The van der Waals surface area contributed by atoms with Crippen LogP contribution in [0.15, 0.2) is 54.6 Å². The number of aliphatic hydroxyl groups excluding tert-OH is 2. The Morgan fingerprint density at radius 1 is 1.04 bits per heavy atom. The van der Waals surface area contributed by atoms with Crippen molar-refractivity contribution in [3.63, 3.8) is 0 Å². The van der Waals surface area contributed by atoms with Crippen molar-refractivity contribution in [3.05, 3.63) is 76.9 Å². The van der Waals surface area contributed by atoms with Gasteiger partial charge in [-0.1, -0.05) is 54.6 Å². The van der Waals surface area contributed by atoms with E-state index in [0.717, 1.165) is 22.6 Å². The molecule has 2 unspecified atom stereocenters. The fraction of sp³-hybridized carbons (Fsp3) is 0.190. The summed E-state index contributed by atoms with van der Waals surface area (Å²) in [5, 5.41) is 21.7. The number of aliphatic hydroxyl groups is 2. The van der Waals surface area contributed by atoms with Crippen LogP contribution in [-0.4, -0.2) is 22.8 Å². The number of rotatable bonds is 4. The van der Waals surface area contributed by atoms with Crippen LogP contribution in [0, 0.1) is 0 Å². The van der Waals surface area contributed by atoms with Gasteiger partial charge in [-0.2, -0.15) is 0 Å². The molecule has 1 aliphatic rings. The minimum Gasteiger partial charge on any atom is -0.487 e. The quantitative estimate of drug-likeness (QED) is 0.707. The van der Waals surface area contributed by atoms with Gasteiger partial charge >= 0.3 is 0 Å². The molecule has 0 saturated carbocycles. The van der Waals surface area contributed by atoms with Crippen molar-refractivity contribution in [3.8, 4) is 5.75 Å². The third-order valence-electron chi connectivity index (χ3n) is 4.61. The van der Waals surface area contributed by atoms with Gasteiger partial charge in [0, 0.05) is 17.4 Å². The van der Waals surface area contributed by atoms with E-state index in [0.29, 0.717) is 29.0 Å². The molecule has 0 spiro atoms.